The Hall–Kier alpha value is -2.75. The molecule has 21 heavy (non-hydrogen) atoms. The monoisotopic (exact) mass is 281 g/mol. The minimum atomic E-state index is -0.264. The van der Waals surface area contributed by atoms with Crippen molar-refractivity contribution in [2.45, 2.75) is 6.92 Å². The van der Waals surface area contributed by atoms with Gasteiger partial charge in [0.15, 0.2) is 5.76 Å². The first kappa shape index (κ1) is 13.2. The molecule has 0 saturated heterocycles. The van der Waals surface area contributed by atoms with Crippen LogP contribution in [-0.2, 0) is 0 Å². The number of hydrogen-bond acceptors (Lipinski definition) is 3. The first-order chi connectivity index (χ1) is 10.2. The Morgan fingerprint density at radius 1 is 1.14 bits per heavy atom. The van der Waals surface area contributed by atoms with E-state index in [2.05, 4.69) is 5.32 Å². The van der Waals surface area contributed by atoms with Crippen LogP contribution in [0.15, 0.2) is 52.9 Å². The summed E-state index contributed by atoms with van der Waals surface area (Å²) in [7, 11) is 1.60. The van der Waals surface area contributed by atoms with E-state index in [0.29, 0.717) is 5.58 Å². The molecule has 0 aliphatic heterocycles. The van der Waals surface area contributed by atoms with Gasteiger partial charge in [-0.2, -0.15) is 0 Å². The summed E-state index contributed by atoms with van der Waals surface area (Å²) in [6, 6.07) is 14.8. The van der Waals surface area contributed by atoms with Crippen LogP contribution < -0.4 is 10.1 Å². The van der Waals surface area contributed by atoms with E-state index in [0.717, 1.165) is 22.4 Å². The van der Waals surface area contributed by atoms with Crippen LogP contribution >= 0.6 is 0 Å². The molecule has 3 aromatic rings. The Morgan fingerprint density at radius 2 is 1.95 bits per heavy atom. The Balaban J connectivity index is 1.89. The average Bonchev–Trinajstić information content (AvgIpc) is 2.92. The largest absolute Gasteiger partial charge is 0.497 e. The fraction of sp³-hybridized carbons (Fsp3) is 0.118. The van der Waals surface area contributed by atoms with Crippen molar-refractivity contribution in [2.75, 3.05) is 12.4 Å². The first-order valence-electron chi connectivity index (χ1n) is 6.62. The molecule has 106 valence electrons. The molecule has 0 radical (unpaired) electrons. The van der Waals surface area contributed by atoms with Crippen molar-refractivity contribution in [3.05, 3.63) is 59.9 Å². The van der Waals surface area contributed by atoms with Gasteiger partial charge in [0, 0.05) is 11.1 Å². The summed E-state index contributed by atoms with van der Waals surface area (Å²) >= 11 is 0. The molecule has 3 rings (SSSR count). The second-order valence-corrected chi connectivity index (χ2v) is 4.78. The normalized spacial score (nSPS) is 10.6. The number of nitrogens with one attached hydrogen (secondary N) is 1. The van der Waals surface area contributed by atoms with E-state index in [1.165, 1.54) is 0 Å². The van der Waals surface area contributed by atoms with E-state index < -0.39 is 0 Å². The third kappa shape index (κ3) is 2.60. The van der Waals surface area contributed by atoms with Gasteiger partial charge in [-0.15, -0.1) is 0 Å². The molecule has 1 amide bonds. The highest BCUT2D eigenvalue weighted by Crippen LogP contribution is 2.25. The molecule has 0 spiro atoms. The highest BCUT2D eigenvalue weighted by Gasteiger charge is 2.13. The SMILES string of the molecule is COc1ccc2oc(C(=O)Nc3ccccc3C)cc2c1. The number of hydrogen-bond donors (Lipinski definition) is 1. The Morgan fingerprint density at radius 3 is 2.71 bits per heavy atom. The molecule has 1 N–H and O–H groups in total. The molecule has 0 aliphatic carbocycles. The summed E-state index contributed by atoms with van der Waals surface area (Å²) in [5.41, 5.74) is 2.44. The molecule has 1 aromatic heterocycles. The van der Waals surface area contributed by atoms with Crippen LogP contribution in [0.3, 0.4) is 0 Å². The molecule has 1 heterocycles. The van der Waals surface area contributed by atoms with Crippen molar-refractivity contribution >= 4 is 22.6 Å². The van der Waals surface area contributed by atoms with Gasteiger partial charge in [-0.05, 0) is 42.8 Å². The number of carbonyl (C=O) groups excluding carboxylic acids is 1. The highest BCUT2D eigenvalue weighted by atomic mass is 16.5. The van der Waals surface area contributed by atoms with Gasteiger partial charge < -0.3 is 14.5 Å². The lowest BCUT2D eigenvalue weighted by molar-refractivity contribution is 0.0998. The summed E-state index contributed by atoms with van der Waals surface area (Å²) in [6.07, 6.45) is 0. The summed E-state index contributed by atoms with van der Waals surface area (Å²) in [6.45, 7) is 1.94. The number of furan rings is 1. The van der Waals surface area contributed by atoms with E-state index in [9.17, 15) is 4.79 Å². The molecule has 0 unspecified atom stereocenters. The molecule has 4 nitrogen and oxygen atoms in total. The Kier molecular flexibility index (Phi) is 3.36. The molecule has 4 heteroatoms. The number of carbonyl (C=O) groups is 1. The van der Waals surface area contributed by atoms with Gasteiger partial charge >= 0.3 is 0 Å². The number of methoxy groups -OCH3 is 1. The number of fused-ring (bicyclic) bond motifs is 1. The van der Waals surface area contributed by atoms with Crippen LogP contribution in [-0.4, -0.2) is 13.0 Å². The first-order valence-corrected chi connectivity index (χ1v) is 6.62. The zero-order chi connectivity index (χ0) is 14.8. The van der Waals surface area contributed by atoms with E-state index in [-0.39, 0.29) is 11.7 Å². The third-order valence-electron chi connectivity index (χ3n) is 3.34. The van der Waals surface area contributed by atoms with Gasteiger partial charge in [0.2, 0.25) is 0 Å². The molecule has 0 saturated carbocycles. The van der Waals surface area contributed by atoms with Gasteiger partial charge in [-0.25, -0.2) is 0 Å². The number of amides is 1. The maximum Gasteiger partial charge on any atom is 0.291 e. The molecular formula is C17H15NO3. The van der Waals surface area contributed by atoms with Gasteiger partial charge in [0.05, 0.1) is 7.11 Å². The Bertz CT molecular complexity index is 805. The number of rotatable bonds is 3. The summed E-state index contributed by atoms with van der Waals surface area (Å²) < 4.78 is 10.7. The lowest BCUT2D eigenvalue weighted by atomic mass is 10.2. The van der Waals surface area contributed by atoms with E-state index in [1.54, 1.807) is 25.3 Å². The molecule has 0 atom stereocenters. The van der Waals surface area contributed by atoms with Gasteiger partial charge in [-0.1, -0.05) is 18.2 Å². The van der Waals surface area contributed by atoms with Crippen molar-refractivity contribution < 1.29 is 13.9 Å². The quantitative estimate of drug-likeness (QED) is 0.789. The zero-order valence-corrected chi connectivity index (χ0v) is 11.8. The molecule has 0 fully saturated rings. The molecular weight excluding hydrogens is 266 g/mol. The average molecular weight is 281 g/mol. The minimum Gasteiger partial charge on any atom is -0.497 e. The van der Waals surface area contributed by atoms with Crippen LogP contribution in [0.5, 0.6) is 5.75 Å². The second-order valence-electron chi connectivity index (χ2n) is 4.78. The van der Waals surface area contributed by atoms with Crippen molar-refractivity contribution in [3.63, 3.8) is 0 Å². The summed E-state index contributed by atoms with van der Waals surface area (Å²) in [5, 5.41) is 3.69. The molecule has 2 aromatic carbocycles. The van der Waals surface area contributed by atoms with Crippen molar-refractivity contribution in [1.29, 1.82) is 0 Å². The van der Waals surface area contributed by atoms with Crippen LogP contribution in [0.4, 0.5) is 5.69 Å². The number of ether oxygens (including phenoxy) is 1. The van der Waals surface area contributed by atoms with E-state index >= 15 is 0 Å². The van der Waals surface area contributed by atoms with Crippen molar-refractivity contribution in [2.24, 2.45) is 0 Å². The predicted octanol–water partition coefficient (Wildman–Crippen LogP) is 4.00. The standard InChI is InChI=1S/C17H15NO3/c1-11-5-3-4-6-14(11)18-17(19)16-10-12-9-13(20-2)7-8-15(12)21-16/h3-10H,1-2H3,(H,18,19). The van der Waals surface area contributed by atoms with Crippen LogP contribution in [0.1, 0.15) is 16.1 Å². The predicted molar refractivity (Wildman–Crippen MR) is 81.9 cm³/mol. The summed E-state index contributed by atoms with van der Waals surface area (Å²) in [4.78, 5) is 12.3. The lowest BCUT2D eigenvalue weighted by Crippen LogP contribution is -2.11. The zero-order valence-electron chi connectivity index (χ0n) is 11.8. The topological polar surface area (TPSA) is 51.5 Å². The number of para-hydroxylation sites is 1. The van der Waals surface area contributed by atoms with E-state index in [1.807, 2.05) is 37.3 Å². The maximum absolute atomic E-state index is 12.3. The number of benzene rings is 2. The van der Waals surface area contributed by atoms with Crippen molar-refractivity contribution in [1.82, 2.24) is 0 Å². The van der Waals surface area contributed by atoms with Gasteiger partial charge in [0.1, 0.15) is 11.3 Å². The second kappa shape index (κ2) is 5.32. The number of anilines is 1. The van der Waals surface area contributed by atoms with Gasteiger partial charge in [-0.3, -0.25) is 4.79 Å². The van der Waals surface area contributed by atoms with Gasteiger partial charge in [0.25, 0.3) is 5.91 Å². The fourth-order valence-corrected chi connectivity index (χ4v) is 2.16. The highest BCUT2D eigenvalue weighted by molar-refractivity contribution is 6.05. The maximum atomic E-state index is 12.3. The fourth-order valence-electron chi connectivity index (χ4n) is 2.16. The summed E-state index contributed by atoms with van der Waals surface area (Å²) in [5.74, 6) is 0.745. The van der Waals surface area contributed by atoms with Crippen LogP contribution in [0.2, 0.25) is 0 Å². The van der Waals surface area contributed by atoms with Crippen LogP contribution in [0.25, 0.3) is 11.0 Å². The van der Waals surface area contributed by atoms with E-state index in [4.69, 9.17) is 9.15 Å². The van der Waals surface area contributed by atoms with Crippen molar-refractivity contribution in [3.8, 4) is 5.75 Å². The Labute approximate surface area is 122 Å². The number of aryl methyl sites for hydroxylation is 1. The lowest BCUT2D eigenvalue weighted by Gasteiger charge is -2.05. The third-order valence-corrected chi connectivity index (χ3v) is 3.34. The molecule has 0 bridgehead atoms. The minimum absolute atomic E-state index is 0.264. The van der Waals surface area contributed by atoms with Crippen LogP contribution in [0, 0.1) is 6.92 Å². The smallest absolute Gasteiger partial charge is 0.291 e. The molecule has 0 aliphatic rings.